The van der Waals surface area contributed by atoms with E-state index in [0.717, 1.165) is 30.7 Å². The number of carbonyl (C=O) groups is 1. The summed E-state index contributed by atoms with van der Waals surface area (Å²) in [5, 5.41) is 7.06. The molecule has 35 heavy (non-hydrogen) atoms. The first-order valence-corrected chi connectivity index (χ1v) is 15.4. The van der Waals surface area contributed by atoms with Crippen LogP contribution in [0.2, 0.25) is 5.02 Å². The molecular weight excluding hydrogens is 502 g/mol. The Morgan fingerprint density at radius 2 is 1.77 bits per heavy atom. The number of benzene rings is 1. The van der Waals surface area contributed by atoms with Crippen molar-refractivity contribution in [3.05, 3.63) is 51.9 Å². The maximum Gasteiger partial charge on any atom is 0.252 e. The van der Waals surface area contributed by atoms with Crippen LogP contribution in [0.25, 0.3) is 0 Å². The number of hydrogen-bond acceptors (Lipinski definition) is 5. The second-order valence-electron chi connectivity index (χ2n) is 9.16. The standard InChI is InChI=1S/C26H38ClN3O3S2/c1-2-3-4-5-6-7-17-28-23-9-8-18-30(19-16-23)35(32,33)25-15-14-24(34-25)20-29-26(31)21-10-12-22(27)13-11-21/h10-15,23,28H,2-9,16-20H2,1H3,(H,29,31). The predicted octanol–water partition coefficient (Wildman–Crippen LogP) is 5.82. The van der Waals surface area contributed by atoms with Gasteiger partial charge in [0.2, 0.25) is 0 Å². The highest BCUT2D eigenvalue weighted by molar-refractivity contribution is 7.91. The molecule has 0 saturated carbocycles. The van der Waals surface area contributed by atoms with Crippen LogP contribution in [-0.2, 0) is 16.6 Å². The fourth-order valence-corrected chi connectivity index (χ4v) is 7.39. The third kappa shape index (κ3) is 8.86. The normalized spacial score (nSPS) is 17.3. The van der Waals surface area contributed by atoms with Crippen molar-refractivity contribution in [2.75, 3.05) is 19.6 Å². The first-order chi connectivity index (χ1) is 16.9. The maximum atomic E-state index is 13.3. The summed E-state index contributed by atoms with van der Waals surface area (Å²) in [5.74, 6) is -0.216. The van der Waals surface area contributed by atoms with E-state index in [0.29, 0.717) is 33.9 Å². The van der Waals surface area contributed by atoms with Gasteiger partial charge in [-0.05, 0) is 68.6 Å². The summed E-state index contributed by atoms with van der Waals surface area (Å²) in [4.78, 5) is 13.1. The van der Waals surface area contributed by atoms with Crippen LogP contribution in [0.3, 0.4) is 0 Å². The van der Waals surface area contributed by atoms with Gasteiger partial charge < -0.3 is 10.6 Å². The molecule has 1 unspecified atom stereocenters. The molecule has 1 saturated heterocycles. The van der Waals surface area contributed by atoms with Crippen LogP contribution in [0.4, 0.5) is 0 Å². The number of nitrogens with zero attached hydrogens (tertiary/aromatic N) is 1. The van der Waals surface area contributed by atoms with Gasteiger partial charge in [-0.25, -0.2) is 8.42 Å². The van der Waals surface area contributed by atoms with Crippen molar-refractivity contribution >= 4 is 38.9 Å². The molecule has 1 fully saturated rings. The molecule has 0 aliphatic carbocycles. The highest BCUT2D eigenvalue weighted by Crippen LogP contribution is 2.27. The van der Waals surface area contributed by atoms with Gasteiger partial charge >= 0.3 is 0 Å². The lowest BCUT2D eigenvalue weighted by Crippen LogP contribution is -2.34. The summed E-state index contributed by atoms with van der Waals surface area (Å²) in [7, 11) is -3.52. The quantitative estimate of drug-likeness (QED) is 0.314. The Morgan fingerprint density at radius 3 is 2.54 bits per heavy atom. The van der Waals surface area contributed by atoms with Crippen LogP contribution in [0, 0.1) is 0 Å². The molecule has 2 heterocycles. The minimum absolute atomic E-state index is 0.216. The Morgan fingerprint density at radius 1 is 1.03 bits per heavy atom. The molecule has 1 amide bonds. The van der Waals surface area contributed by atoms with Crippen LogP contribution >= 0.6 is 22.9 Å². The molecule has 1 aliphatic rings. The summed E-state index contributed by atoms with van der Waals surface area (Å²) in [6.07, 6.45) is 10.4. The molecule has 2 N–H and O–H groups in total. The largest absolute Gasteiger partial charge is 0.347 e. The van der Waals surface area contributed by atoms with Crippen LogP contribution in [0.5, 0.6) is 0 Å². The van der Waals surface area contributed by atoms with Crippen LogP contribution in [0.1, 0.15) is 79.9 Å². The molecule has 1 aliphatic heterocycles. The molecular formula is C26H38ClN3O3S2. The number of hydrogen-bond donors (Lipinski definition) is 2. The SMILES string of the molecule is CCCCCCCCNC1CCCN(S(=O)(=O)c2ccc(CNC(=O)c3ccc(Cl)cc3)s2)CC1. The molecule has 0 radical (unpaired) electrons. The first-order valence-electron chi connectivity index (χ1n) is 12.8. The van der Waals surface area contributed by atoms with Gasteiger partial charge in [-0.2, -0.15) is 4.31 Å². The van der Waals surface area contributed by atoms with E-state index in [-0.39, 0.29) is 12.5 Å². The Balaban J connectivity index is 1.45. The van der Waals surface area contributed by atoms with Gasteiger partial charge in [0.1, 0.15) is 4.21 Å². The molecule has 1 aromatic heterocycles. The zero-order valence-electron chi connectivity index (χ0n) is 20.6. The molecule has 2 aromatic rings. The lowest BCUT2D eigenvalue weighted by molar-refractivity contribution is 0.0951. The van der Waals surface area contributed by atoms with E-state index in [1.54, 1.807) is 40.7 Å². The Hall–Kier alpha value is -1.45. The molecule has 1 aromatic carbocycles. The van der Waals surface area contributed by atoms with E-state index in [1.165, 1.54) is 49.9 Å². The second kappa shape index (κ2) is 14.3. The van der Waals surface area contributed by atoms with Gasteiger partial charge in [0.25, 0.3) is 15.9 Å². The molecule has 3 rings (SSSR count). The van der Waals surface area contributed by atoms with Crippen molar-refractivity contribution in [2.45, 2.75) is 81.5 Å². The van der Waals surface area contributed by atoms with Crippen molar-refractivity contribution < 1.29 is 13.2 Å². The number of halogens is 1. The fraction of sp³-hybridized carbons (Fsp3) is 0.577. The van der Waals surface area contributed by atoms with Gasteiger partial charge in [-0.15, -0.1) is 11.3 Å². The van der Waals surface area contributed by atoms with Gasteiger partial charge in [-0.3, -0.25) is 4.79 Å². The van der Waals surface area contributed by atoms with Crippen LogP contribution in [0.15, 0.2) is 40.6 Å². The summed E-state index contributed by atoms with van der Waals surface area (Å²) >= 11 is 7.09. The predicted molar refractivity (Wildman–Crippen MR) is 145 cm³/mol. The van der Waals surface area contributed by atoms with Gasteiger partial charge in [-0.1, -0.05) is 50.6 Å². The Kier molecular flexibility index (Phi) is 11.5. The highest BCUT2D eigenvalue weighted by Gasteiger charge is 2.28. The van der Waals surface area contributed by atoms with E-state index in [4.69, 9.17) is 11.6 Å². The zero-order valence-corrected chi connectivity index (χ0v) is 23.0. The van der Waals surface area contributed by atoms with Gasteiger partial charge in [0, 0.05) is 34.6 Å². The molecule has 1 atom stereocenters. The van der Waals surface area contributed by atoms with E-state index < -0.39 is 10.0 Å². The maximum absolute atomic E-state index is 13.3. The topological polar surface area (TPSA) is 78.5 Å². The smallest absolute Gasteiger partial charge is 0.252 e. The Bertz CT molecular complexity index is 1020. The van der Waals surface area contributed by atoms with Crippen molar-refractivity contribution in [3.63, 3.8) is 0 Å². The number of sulfonamides is 1. The van der Waals surface area contributed by atoms with Crippen molar-refractivity contribution in [1.29, 1.82) is 0 Å². The number of carbonyl (C=O) groups excluding carboxylic acids is 1. The minimum Gasteiger partial charge on any atom is -0.347 e. The average Bonchev–Trinajstić information content (AvgIpc) is 3.21. The minimum atomic E-state index is -3.52. The summed E-state index contributed by atoms with van der Waals surface area (Å²) < 4.78 is 28.5. The number of nitrogens with one attached hydrogen (secondary N) is 2. The summed E-state index contributed by atoms with van der Waals surface area (Å²) in [6, 6.07) is 10.5. The number of rotatable bonds is 13. The number of unbranched alkanes of at least 4 members (excludes halogenated alkanes) is 5. The lowest BCUT2D eigenvalue weighted by Gasteiger charge is -2.19. The fourth-order valence-electron chi connectivity index (χ4n) is 4.32. The number of amides is 1. The molecule has 6 nitrogen and oxygen atoms in total. The van der Waals surface area contributed by atoms with Crippen molar-refractivity contribution in [3.8, 4) is 0 Å². The molecule has 9 heteroatoms. The van der Waals surface area contributed by atoms with Crippen LogP contribution < -0.4 is 10.6 Å². The van der Waals surface area contributed by atoms with E-state index in [9.17, 15) is 13.2 Å². The molecule has 194 valence electrons. The van der Waals surface area contributed by atoms with E-state index in [1.807, 2.05) is 0 Å². The molecule has 0 bridgehead atoms. The van der Waals surface area contributed by atoms with Crippen molar-refractivity contribution in [1.82, 2.24) is 14.9 Å². The average molecular weight is 540 g/mol. The monoisotopic (exact) mass is 539 g/mol. The zero-order chi connectivity index (χ0) is 25.1. The highest BCUT2D eigenvalue weighted by atomic mass is 35.5. The van der Waals surface area contributed by atoms with Crippen LogP contribution in [-0.4, -0.2) is 44.3 Å². The van der Waals surface area contributed by atoms with E-state index >= 15 is 0 Å². The summed E-state index contributed by atoms with van der Waals surface area (Å²) in [6.45, 7) is 4.62. The van der Waals surface area contributed by atoms with Gasteiger partial charge in [0.15, 0.2) is 0 Å². The molecule has 0 spiro atoms. The van der Waals surface area contributed by atoms with Gasteiger partial charge in [0.05, 0.1) is 6.54 Å². The Labute approximate surface area is 219 Å². The first kappa shape index (κ1) is 28.1. The summed E-state index contributed by atoms with van der Waals surface area (Å²) in [5.41, 5.74) is 0.517. The number of thiophene rings is 1. The third-order valence-corrected chi connectivity index (χ3v) is 10.1. The van der Waals surface area contributed by atoms with E-state index in [2.05, 4.69) is 17.6 Å². The lowest BCUT2D eigenvalue weighted by atomic mass is 10.1. The van der Waals surface area contributed by atoms with Crippen molar-refractivity contribution in [2.24, 2.45) is 0 Å². The third-order valence-electron chi connectivity index (χ3n) is 6.41. The second-order valence-corrected chi connectivity index (χ2v) is 12.9.